The largest absolute Gasteiger partial charge is 0.392 e. The lowest BCUT2D eigenvalue weighted by Gasteiger charge is -2.46. The standard InChI is InChI=1S/C40H50N9O5P/c1-7-35(51)43-31-17-27(8-9-33(31)47-13-12-46(20-25(47)2)28-23-54-24-28)42-37-39(52)45(5)21-32(44-37)29-10-11-41-38(30(29)22-50)49-15-14-48-34-19-40(3,4)18-26(34)16-36(48)55(49,6)53/h7-11,16-17,21,25,28,50H,1,12-15,18-20,22-24H2,2-6H3,(H,42,44)(H,43,51)/t25-,55?/m0/s1. The second-order valence-corrected chi connectivity index (χ2v) is 18.8. The third kappa shape index (κ3) is 6.68. The van der Waals surface area contributed by atoms with Gasteiger partial charge in [-0.3, -0.25) is 19.1 Å². The molecule has 3 aliphatic heterocycles. The molecule has 2 fully saturated rings. The fraction of sp³-hybridized carbons (Fsp3) is 0.450. The van der Waals surface area contributed by atoms with Gasteiger partial charge in [-0.15, -0.1) is 0 Å². The number of anilines is 5. The Morgan fingerprint density at radius 3 is 2.65 bits per heavy atom. The van der Waals surface area contributed by atoms with Crippen molar-refractivity contribution in [3.8, 4) is 11.3 Å². The van der Waals surface area contributed by atoms with Crippen LogP contribution in [0.3, 0.4) is 0 Å². The molecule has 0 saturated carbocycles. The third-order valence-corrected chi connectivity index (χ3v) is 14.1. The van der Waals surface area contributed by atoms with Gasteiger partial charge in [0, 0.05) is 87.4 Å². The number of rotatable bonds is 9. The fourth-order valence-corrected chi connectivity index (χ4v) is 11.0. The van der Waals surface area contributed by atoms with E-state index in [0.717, 1.165) is 56.8 Å². The normalized spacial score (nSPS) is 22.2. The van der Waals surface area contributed by atoms with Gasteiger partial charge in [0.1, 0.15) is 5.82 Å². The topological polar surface area (TPSA) is 150 Å². The lowest BCUT2D eigenvalue weighted by atomic mass is 9.90. The number of nitrogens with zero attached hydrogens (tertiary/aromatic N) is 7. The zero-order valence-electron chi connectivity index (χ0n) is 32.2. The highest BCUT2D eigenvalue weighted by atomic mass is 31.2. The van der Waals surface area contributed by atoms with Crippen LogP contribution in [0.1, 0.15) is 37.6 Å². The van der Waals surface area contributed by atoms with E-state index in [9.17, 15) is 19.3 Å². The molecule has 0 bridgehead atoms. The van der Waals surface area contributed by atoms with Crippen LogP contribution in [0.4, 0.5) is 28.7 Å². The zero-order valence-corrected chi connectivity index (χ0v) is 33.1. The quantitative estimate of drug-likeness (QED) is 0.167. The minimum absolute atomic E-state index is 0.0649. The molecule has 14 nitrogen and oxygen atoms in total. The van der Waals surface area contributed by atoms with Crippen LogP contribution in [-0.2, 0) is 47.1 Å². The number of amides is 1. The van der Waals surface area contributed by atoms with E-state index in [-0.39, 0.29) is 35.3 Å². The van der Waals surface area contributed by atoms with E-state index in [1.54, 1.807) is 38.2 Å². The average Bonchev–Trinajstić information content (AvgIpc) is 3.62. The molecule has 3 N–H and O–H groups in total. The van der Waals surface area contributed by atoms with Crippen molar-refractivity contribution < 1.29 is 19.2 Å². The van der Waals surface area contributed by atoms with E-state index in [0.29, 0.717) is 53.1 Å². The summed E-state index contributed by atoms with van der Waals surface area (Å²) >= 11 is 0. The van der Waals surface area contributed by atoms with Crippen LogP contribution in [-0.4, -0.2) is 93.2 Å². The van der Waals surface area contributed by atoms with Crippen molar-refractivity contribution >= 4 is 47.3 Å². The summed E-state index contributed by atoms with van der Waals surface area (Å²) < 4.78 is 25.7. The van der Waals surface area contributed by atoms with Crippen LogP contribution in [0.2, 0.25) is 0 Å². The Labute approximate surface area is 321 Å². The Hall–Kier alpha value is -4.75. The number of benzene rings is 1. The summed E-state index contributed by atoms with van der Waals surface area (Å²) in [4.78, 5) is 40.3. The molecule has 8 rings (SSSR count). The van der Waals surface area contributed by atoms with E-state index in [4.69, 9.17) is 9.72 Å². The Balaban J connectivity index is 1.10. The van der Waals surface area contributed by atoms with Crippen LogP contribution in [0.5, 0.6) is 0 Å². The molecule has 4 aromatic rings. The molecule has 1 aliphatic carbocycles. The highest BCUT2D eigenvalue weighted by Gasteiger charge is 2.42. The van der Waals surface area contributed by atoms with Crippen molar-refractivity contribution in [1.29, 1.82) is 0 Å². The van der Waals surface area contributed by atoms with Crippen molar-refractivity contribution in [3.05, 3.63) is 82.6 Å². The molecule has 6 heterocycles. The second kappa shape index (κ2) is 14.1. The minimum atomic E-state index is -3.11. The summed E-state index contributed by atoms with van der Waals surface area (Å²) in [5, 5.41) is 17.0. The maximum atomic E-state index is 14.7. The Morgan fingerprint density at radius 2 is 1.95 bits per heavy atom. The van der Waals surface area contributed by atoms with Gasteiger partial charge in [-0.2, -0.15) is 0 Å². The minimum Gasteiger partial charge on any atom is -0.392 e. The first-order valence-corrected chi connectivity index (χ1v) is 21.1. The first-order chi connectivity index (χ1) is 26.3. The molecule has 1 unspecified atom stereocenters. The molecule has 1 amide bonds. The van der Waals surface area contributed by atoms with E-state index in [2.05, 4.69) is 63.4 Å². The lowest BCUT2D eigenvalue weighted by Crippen LogP contribution is -2.59. The summed E-state index contributed by atoms with van der Waals surface area (Å²) in [6.45, 7) is 17.0. The van der Waals surface area contributed by atoms with Gasteiger partial charge in [0.05, 0.1) is 48.4 Å². The van der Waals surface area contributed by atoms with Gasteiger partial charge in [0.15, 0.2) is 5.82 Å². The van der Waals surface area contributed by atoms with Crippen molar-refractivity contribution in [2.45, 2.75) is 58.8 Å². The van der Waals surface area contributed by atoms with E-state index in [1.807, 2.05) is 16.8 Å². The van der Waals surface area contributed by atoms with Gasteiger partial charge in [-0.1, -0.05) is 20.4 Å². The number of piperazine rings is 1. The van der Waals surface area contributed by atoms with E-state index >= 15 is 0 Å². The molecule has 55 heavy (non-hydrogen) atoms. The van der Waals surface area contributed by atoms with Crippen LogP contribution in [0.15, 0.2) is 60.2 Å². The Kier molecular flexibility index (Phi) is 9.52. The number of aryl methyl sites for hydroxylation is 1. The van der Waals surface area contributed by atoms with Gasteiger partial charge in [-0.05, 0) is 67.2 Å². The molecule has 4 aliphatic rings. The Bertz CT molecular complexity index is 2300. The molecular weight excluding hydrogens is 717 g/mol. The first-order valence-electron chi connectivity index (χ1n) is 18.9. The van der Waals surface area contributed by atoms with Crippen LogP contribution in [0, 0.1) is 5.41 Å². The molecule has 2 saturated heterocycles. The molecule has 0 radical (unpaired) electrons. The monoisotopic (exact) mass is 767 g/mol. The van der Waals surface area contributed by atoms with Gasteiger partial charge >= 0.3 is 0 Å². The van der Waals surface area contributed by atoms with Crippen LogP contribution < -0.4 is 31.2 Å². The number of aliphatic hydroxyl groups is 1. The number of fused-ring (bicyclic) bond motifs is 3. The number of carbonyl (C=O) groups is 1. The number of hydrogen-bond acceptors (Lipinski definition) is 10. The summed E-state index contributed by atoms with van der Waals surface area (Å²) in [5.74, 6) is 0.164. The smallest absolute Gasteiger partial charge is 0.293 e. The molecule has 290 valence electrons. The first kappa shape index (κ1) is 37.2. The third-order valence-electron chi connectivity index (χ3n) is 11.6. The molecule has 1 aromatic carbocycles. The number of aliphatic hydroxyl groups excluding tert-OH is 1. The second-order valence-electron chi connectivity index (χ2n) is 16.1. The number of aromatic nitrogens is 4. The molecule has 15 heteroatoms. The molecule has 2 atom stereocenters. The number of hydrogen-bond donors (Lipinski definition) is 3. The van der Waals surface area contributed by atoms with Gasteiger partial charge in [0.2, 0.25) is 13.2 Å². The van der Waals surface area contributed by atoms with Crippen LogP contribution >= 0.6 is 7.29 Å². The summed E-state index contributed by atoms with van der Waals surface area (Å²) in [5.41, 5.74) is 6.68. The SMILES string of the molecule is C=CC(=O)Nc1cc(Nc2nc(-c3ccnc(N4CCn5c(cc6c5CC(C)(C)C6)P4(C)=O)c3CO)cn(C)c2=O)ccc1N1CCN(C2COC2)C[C@@H]1C. The number of nitrogens with one attached hydrogen (secondary N) is 2. The fourth-order valence-electron chi connectivity index (χ4n) is 8.72. The van der Waals surface area contributed by atoms with Gasteiger partial charge in [0.25, 0.3) is 5.56 Å². The molecular formula is C40H50N9O5P. The zero-order chi connectivity index (χ0) is 38.8. The number of pyridine rings is 1. The highest BCUT2D eigenvalue weighted by molar-refractivity contribution is 7.72. The summed E-state index contributed by atoms with van der Waals surface area (Å²) in [6, 6.07) is 10.1. The molecule has 0 spiro atoms. The highest BCUT2D eigenvalue weighted by Crippen LogP contribution is 2.52. The van der Waals surface area contributed by atoms with Crippen molar-refractivity contribution in [1.82, 2.24) is 24.0 Å². The van der Waals surface area contributed by atoms with Crippen molar-refractivity contribution in [3.63, 3.8) is 0 Å². The van der Waals surface area contributed by atoms with E-state index in [1.165, 1.54) is 21.9 Å². The predicted molar refractivity (Wildman–Crippen MR) is 216 cm³/mol. The number of ether oxygens (including phenoxy) is 1. The van der Waals surface area contributed by atoms with Crippen molar-refractivity contribution in [2.75, 3.05) is 66.3 Å². The summed E-state index contributed by atoms with van der Waals surface area (Å²) in [6.07, 6.45) is 6.40. The Morgan fingerprint density at radius 1 is 1.15 bits per heavy atom. The van der Waals surface area contributed by atoms with Crippen LogP contribution in [0.25, 0.3) is 11.3 Å². The maximum absolute atomic E-state index is 14.7. The number of carbonyl (C=O) groups excluding carboxylic acids is 1. The van der Waals surface area contributed by atoms with E-state index < -0.39 is 7.29 Å². The molecule has 3 aromatic heterocycles. The van der Waals surface area contributed by atoms with Gasteiger partial charge < -0.3 is 39.2 Å². The maximum Gasteiger partial charge on any atom is 0.293 e. The average molecular weight is 768 g/mol. The van der Waals surface area contributed by atoms with Crippen molar-refractivity contribution in [2.24, 2.45) is 12.5 Å². The van der Waals surface area contributed by atoms with Gasteiger partial charge in [-0.25, -0.2) is 9.97 Å². The predicted octanol–water partition coefficient (Wildman–Crippen LogP) is 4.09. The lowest BCUT2D eigenvalue weighted by molar-refractivity contribution is -0.111. The summed E-state index contributed by atoms with van der Waals surface area (Å²) in [7, 11) is -1.47.